The smallest absolute Gasteiger partial charge is 0.159 e. The van der Waals surface area contributed by atoms with Gasteiger partial charge in [-0.1, -0.05) is 0 Å². The Kier molecular flexibility index (Phi) is 3.12. The van der Waals surface area contributed by atoms with Crippen molar-refractivity contribution >= 4 is 11.5 Å². The number of ether oxygens (including phenoxy) is 1. The normalized spacial score (nSPS) is 9.71. The Morgan fingerprint density at radius 2 is 2.00 bits per heavy atom. The van der Waals surface area contributed by atoms with Crippen LogP contribution in [-0.4, -0.2) is 27.0 Å². The Balaban J connectivity index is 3.20. The van der Waals surface area contributed by atoms with E-state index in [2.05, 4.69) is 0 Å². The zero-order valence-corrected chi connectivity index (χ0v) is 9.00. The molecule has 14 heavy (non-hydrogen) atoms. The van der Waals surface area contributed by atoms with Crippen LogP contribution in [0.5, 0.6) is 5.75 Å². The first kappa shape index (κ1) is 10.6. The minimum absolute atomic E-state index is 0.0655. The second-order valence-corrected chi connectivity index (χ2v) is 3.34. The number of ketones is 1. The third-order valence-electron chi connectivity index (χ3n) is 2.07. The van der Waals surface area contributed by atoms with Crippen molar-refractivity contribution in [2.45, 2.75) is 6.92 Å². The first-order valence-corrected chi connectivity index (χ1v) is 4.42. The average molecular weight is 193 g/mol. The molecule has 0 saturated heterocycles. The Morgan fingerprint density at radius 1 is 1.36 bits per heavy atom. The Labute approximate surface area is 84.3 Å². The van der Waals surface area contributed by atoms with Gasteiger partial charge in [-0.2, -0.15) is 0 Å². The summed E-state index contributed by atoms with van der Waals surface area (Å²) in [6.45, 7) is 1.56. The highest BCUT2D eigenvalue weighted by atomic mass is 16.5. The molecule has 0 radical (unpaired) electrons. The summed E-state index contributed by atoms with van der Waals surface area (Å²) in [6, 6.07) is 5.42. The van der Waals surface area contributed by atoms with Crippen LogP contribution in [0.3, 0.4) is 0 Å². The van der Waals surface area contributed by atoms with Gasteiger partial charge in [0.25, 0.3) is 0 Å². The lowest BCUT2D eigenvalue weighted by Crippen LogP contribution is -2.11. The van der Waals surface area contributed by atoms with Gasteiger partial charge in [-0.05, 0) is 25.1 Å². The summed E-state index contributed by atoms with van der Waals surface area (Å²) < 4.78 is 5.19. The molecule has 76 valence electrons. The van der Waals surface area contributed by atoms with E-state index in [9.17, 15) is 4.79 Å². The van der Waals surface area contributed by atoms with Gasteiger partial charge in [-0.25, -0.2) is 0 Å². The Hall–Kier alpha value is -1.51. The van der Waals surface area contributed by atoms with Gasteiger partial charge in [0.2, 0.25) is 0 Å². The fraction of sp³-hybridized carbons (Fsp3) is 0.364. The van der Waals surface area contributed by atoms with Crippen molar-refractivity contribution in [1.29, 1.82) is 0 Å². The molecule has 3 nitrogen and oxygen atoms in total. The number of benzene rings is 1. The summed E-state index contributed by atoms with van der Waals surface area (Å²) in [6.07, 6.45) is 0. The molecule has 0 spiro atoms. The lowest BCUT2D eigenvalue weighted by molar-refractivity contribution is 0.101. The molecule has 0 atom stereocenters. The third kappa shape index (κ3) is 2.05. The molecule has 0 unspecified atom stereocenters. The summed E-state index contributed by atoms with van der Waals surface area (Å²) in [4.78, 5) is 13.1. The zero-order chi connectivity index (χ0) is 10.7. The molecule has 1 rings (SSSR count). The highest BCUT2D eigenvalue weighted by Crippen LogP contribution is 2.27. The van der Waals surface area contributed by atoms with Crippen molar-refractivity contribution < 1.29 is 9.53 Å². The highest BCUT2D eigenvalue weighted by Gasteiger charge is 2.08. The number of carbonyl (C=O) groups excluding carboxylic acids is 1. The molecule has 1 aromatic rings. The minimum atomic E-state index is 0.0655. The lowest BCUT2D eigenvalue weighted by Gasteiger charge is -2.17. The van der Waals surface area contributed by atoms with E-state index in [4.69, 9.17) is 4.74 Å². The zero-order valence-electron chi connectivity index (χ0n) is 9.00. The van der Waals surface area contributed by atoms with Gasteiger partial charge < -0.3 is 9.64 Å². The largest absolute Gasteiger partial charge is 0.495 e. The predicted molar refractivity (Wildman–Crippen MR) is 57.3 cm³/mol. The van der Waals surface area contributed by atoms with Crippen molar-refractivity contribution in [1.82, 2.24) is 0 Å². The number of hydrogen-bond acceptors (Lipinski definition) is 3. The minimum Gasteiger partial charge on any atom is -0.495 e. The summed E-state index contributed by atoms with van der Waals surface area (Å²) in [5.74, 6) is 0.843. The van der Waals surface area contributed by atoms with Crippen molar-refractivity contribution in [3.05, 3.63) is 23.8 Å². The van der Waals surface area contributed by atoms with Gasteiger partial charge in [0.1, 0.15) is 5.75 Å². The van der Waals surface area contributed by atoms with Crippen LogP contribution in [0.1, 0.15) is 17.3 Å². The maximum absolute atomic E-state index is 11.2. The van der Waals surface area contributed by atoms with Crippen molar-refractivity contribution in [2.24, 2.45) is 0 Å². The van der Waals surface area contributed by atoms with Gasteiger partial charge in [0, 0.05) is 19.7 Å². The van der Waals surface area contributed by atoms with Gasteiger partial charge >= 0.3 is 0 Å². The van der Waals surface area contributed by atoms with E-state index in [1.807, 2.05) is 31.1 Å². The lowest BCUT2D eigenvalue weighted by atomic mass is 10.1. The van der Waals surface area contributed by atoms with E-state index in [1.165, 1.54) is 0 Å². The van der Waals surface area contributed by atoms with Crippen molar-refractivity contribution in [2.75, 3.05) is 26.1 Å². The SMILES string of the molecule is COc1ccc(C(C)=O)cc1N(C)C. The number of anilines is 1. The molecule has 3 heteroatoms. The molecule has 0 N–H and O–H groups in total. The number of nitrogens with zero attached hydrogens (tertiary/aromatic N) is 1. The number of rotatable bonds is 3. The first-order valence-electron chi connectivity index (χ1n) is 4.42. The van der Waals surface area contributed by atoms with Crippen LogP contribution in [0.2, 0.25) is 0 Å². The monoisotopic (exact) mass is 193 g/mol. The molecular formula is C11H15NO2. The van der Waals surface area contributed by atoms with Crippen LogP contribution in [0.25, 0.3) is 0 Å². The molecule has 0 fully saturated rings. The van der Waals surface area contributed by atoms with Gasteiger partial charge in [0.15, 0.2) is 5.78 Å². The number of carbonyl (C=O) groups is 1. The number of Topliss-reactive ketones (excluding diaryl/α,β-unsaturated/α-hetero) is 1. The fourth-order valence-electron chi connectivity index (χ4n) is 1.26. The standard InChI is InChI=1S/C11H15NO2/c1-8(13)9-5-6-11(14-4)10(7-9)12(2)3/h5-7H,1-4H3. The average Bonchev–Trinajstić information content (AvgIpc) is 2.16. The van der Waals surface area contributed by atoms with Crippen molar-refractivity contribution in [3.63, 3.8) is 0 Å². The Bertz CT molecular complexity index is 345. The van der Waals surface area contributed by atoms with E-state index in [0.29, 0.717) is 5.56 Å². The van der Waals surface area contributed by atoms with Crippen LogP contribution >= 0.6 is 0 Å². The van der Waals surface area contributed by atoms with Crippen LogP contribution in [0.15, 0.2) is 18.2 Å². The predicted octanol–water partition coefficient (Wildman–Crippen LogP) is 1.96. The molecule has 0 aromatic heterocycles. The second-order valence-electron chi connectivity index (χ2n) is 3.34. The molecule has 0 aliphatic rings. The molecular weight excluding hydrogens is 178 g/mol. The summed E-state index contributed by atoms with van der Waals surface area (Å²) in [5.41, 5.74) is 1.62. The van der Waals surface area contributed by atoms with E-state index in [0.717, 1.165) is 11.4 Å². The second kappa shape index (κ2) is 4.13. The molecule has 0 amide bonds. The summed E-state index contributed by atoms with van der Waals surface area (Å²) in [7, 11) is 5.46. The topological polar surface area (TPSA) is 29.5 Å². The van der Waals surface area contributed by atoms with Gasteiger partial charge in [0.05, 0.1) is 12.8 Å². The summed E-state index contributed by atoms with van der Waals surface area (Å²) >= 11 is 0. The van der Waals surface area contributed by atoms with Crippen LogP contribution in [0.4, 0.5) is 5.69 Å². The number of hydrogen-bond donors (Lipinski definition) is 0. The molecule has 1 aromatic carbocycles. The molecule has 0 saturated carbocycles. The molecule has 0 aliphatic heterocycles. The molecule has 0 bridgehead atoms. The Morgan fingerprint density at radius 3 is 2.43 bits per heavy atom. The fourth-order valence-corrected chi connectivity index (χ4v) is 1.26. The van der Waals surface area contributed by atoms with Crippen molar-refractivity contribution in [3.8, 4) is 5.75 Å². The van der Waals surface area contributed by atoms with Crippen LogP contribution in [0, 0.1) is 0 Å². The van der Waals surface area contributed by atoms with E-state index in [-0.39, 0.29) is 5.78 Å². The number of methoxy groups -OCH3 is 1. The summed E-state index contributed by atoms with van der Waals surface area (Å²) in [5, 5.41) is 0. The maximum Gasteiger partial charge on any atom is 0.159 e. The van der Waals surface area contributed by atoms with E-state index < -0.39 is 0 Å². The molecule has 0 aliphatic carbocycles. The quantitative estimate of drug-likeness (QED) is 0.687. The van der Waals surface area contributed by atoms with E-state index in [1.54, 1.807) is 20.1 Å². The molecule has 0 heterocycles. The third-order valence-corrected chi connectivity index (χ3v) is 2.07. The van der Waals surface area contributed by atoms with Crippen LogP contribution < -0.4 is 9.64 Å². The van der Waals surface area contributed by atoms with E-state index >= 15 is 0 Å². The highest BCUT2D eigenvalue weighted by molar-refractivity contribution is 5.95. The van der Waals surface area contributed by atoms with Gasteiger partial charge in [-0.3, -0.25) is 4.79 Å². The first-order chi connectivity index (χ1) is 6.56. The maximum atomic E-state index is 11.2. The van der Waals surface area contributed by atoms with Gasteiger partial charge in [-0.15, -0.1) is 0 Å². The van der Waals surface area contributed by atoms with Crippen LogP contribution in [-0.2, 0) is 0 Å².